The minimum atomic E-state index is -0.343. The molecule has 128 valence electrons. The van der Waals surface area contributed by atoms with Gasteiger partial charge in [0.05, 0.1) is 25.8 Å². The number of benzene rings is 2. The minimum Gasteiger partial charge on any atom is -0.497 e. The molecule has 0 bridgehead atoms. The molecular weight excluding hydrogens is 334 g/mol. The maximum Gasteiger partial charge on any atom is 0.262 e. The second-order valence-corrected chi connectivity index (χ2v) is 5.24. The molecular formula is C17H18ClNO5. The van der Waals surface area contributed by atoms with Crippen molar-refractivity contribution < 1.29 is 24.1 Å². The van der Waals surface area contributed by atoms with Gasteiger partial charge in [-0.25, -0.2) is 0 Å². The molecule has 2 aromatic carbocycles. The van der Waals surface area contributed by atoms with Crippen LogP contribution in [-0.2, 0) is 11.4 Å². The standard InChI is InChI=1S/C17H18ClNO5/c1-22-13-5-3-12(4-6-13)19-16(21)10-24-17-14(18)7-11(9-20)8-15(17)23-2/h3-8,20H,9-10H2,1-2H3,(H,19,21). The molecule has 24 heavy (non-hydrogen) atoms. The fourth-order valence-corrected chi connectivity index (χ4v) is 2.30. The molecule has 1 amide bonds. The summed E-state index contributed by atoms with van der Waals surface area (Å²) in [4.78, 5) is 12.0. The number of carbonyl (C=O) groups excluding carboxylic acids is 1. The SMILES string of the molecule is COc1ccc(NC(=O)COc2c(Cl)cc(CO)cc2OC)cc1. The first-order chi connectivity index (χ1) is 11.6. The van der Waals surface area contributed by atoms with Gasteiger partial charge in [-0.3, -0.25) is 4.79 Å². The Morgan fingerprint density at radius 3 is 2.46 bits per heavy atom. The van der Waals surface area contributed by atoms with E-state index in [1.165, 1.54) is 7.11 Å². The Morgan fingerprint density at radius 1 is 1.17 bits per heavy atom. The van der Waals surface area contributed by atoms with Crippen molar-refractivity contribution in [3.05, 3.63) is 47.0 Å². The first-order valence-corrected chi connectivity index (χ1v) is 7.49. The summed E-state index contributed by atoms with van der Waals surface area (Å²) < 4.78 is 15.7. The van der Waals surface area contributed by atoms with Crippen molar-refractivity contribution in [1.82, 2.24) is 0 Å². The number of aliphatic hydroxyl groups is 1. The summed E-state index contributed by atoms with van der Waals surface area (Å²) >= 11 is 6.11. The fourth-order valence-electron chi connectivity index (χ4n) is 2.01. The number of hydrogen-bond acceptors (Lipinski definition) is 5. The number of rotatable bonds is 7. The molecule has 2 N–H and O–H groups in total. The van der Waals surface area contributed by atoms with E-state index in [1.807, 2.05) is 0 Å². The van der Waals surface area contributed by atoms with E-state index in [-0.39, 0.29) is 29.9 Å². The van der Waals surface area contributed by atoms with E-state index in [1.54, 1.807) is 43.5 Å². The lowest BCUT2D eigenvalue weighted by molar-refractivity contribution is -0.118. The molecule has 0 saturated carbocycles. The van der Waals surface area contributed by atoms with Gasteiger partial charge in [0.15, 0.2) is 18.1 Å². The summed E-state index contributed by atoms with van der Waals surface area (Å²) in [5.74, 6) is 0.958. The Hall–Kier alpha value is -2.44. The van der Waals surface area contributed by atoms with Gasteiger partial charge in [-0.15, -0.1) is 0 Å². The maximum absolute atomic E-state index is 12.0. The van der Waals surface area contributed by atoms with Crippen LogP contribution in [0.4, 0.5) is 5.69 Å². The van der Waals surface area contributed by atoms with Crippen LogP contribution >= 0.6 is 11.6 Å². The number of halogens is 1. The Morgan fingerprint density at radius 2 is 1.88 bits per heavy atom. The van der Waals surface area contributed by atoms with Gasteiger partial charge in [0.1, 0.15) is 5.75 Å². The second kappa shape index (κ2) is 8.42. The van der Waals surface area contributed by atoms with Gasteiger partial charge in [0.25, 0.3) is 5.91 Å². The summed E-state index contributed by atoms with van der Waals surface area (Å²) in [6.07, 6.45) is 0. The van der Waals surface area contributed by atoms with E-state index >= 15 is 0 Å². The molecule has 2 rings (SSSR count). The lowest BCUT2D eigenvalue weighted by Crippen LogP contribution is -2.20. The lowest BCUT2D eigenvalue weighted by Gasteiger charge is -2.13. The molecule has 0 aliphatic rings. The summed E-state index contributed by atoms with van der Waals surface area (Å²) in [6.45, 7) is -0.408. The van der Waals surface area contributed by atoms with Crippen molar-refractivity contribution in [2.24, 2.45) is 0 Å². The van der Waals surface area contributed by atoms with Crippen molar-refractivity contribution >= 4 is 23.2 Å². The van der Waals surface area contributed by atoms with E-state index in [4.69, 9.17) is 30.9 Å². The molecule has 0 heterocycles. The molecule has 2 aromatic rings. The van der Waals surface area contributed by atoms with E-state index in [2.05, 4.69) is 5.32 Å². The van der Waals surface area contributed by atoms with Crippen molar-refractivity contribution in [3.8, 4) is 17.2 Å². The highest BCUT2D eigenvalue weighted by Gasteiger charge is 2.14. The average Bonchev–Trinajstić information content (AvgIpc) is 2.60. The third-order valence-electron chi connectivity index (χ3n) is 3.19. The third-order valence-corrected chi connectivity index (χ3v) is 3.47. The number of nitrogens with one attached hydrogen (secondary N) is 1. The maximum atomic E-state index is 12.0. The van der Waals surface area contributed by atoms with Crippen molar-refractivity contribution in [2.45, 2.75) is 6.61 Å². The largest absolute Gasteiger partial charge is 0.497 e. The molecule has 0 spiro atoms. The smallest absolute Gasteiger partial charge is 0.262 e. The number of hydrogen-bond donors (Lipinski definition) is 2. The van der Waals surface area contributed by atoms with Crippen LogP contribution in [0.25, 0.3) is 0 Å². The lowest BCUT2D eigenvalue weighted by atomic mass is 10.2. The summed E-state index contributed by atoms with van der Waals surface area (Å²) in [5.41, 5.74) is 1.21. The average molecular weight is 352 g/mol. The Kier molecular flexibility index (Phi) is 6.28. The summed E-state index contributed by atoms with van der Waals surface area (Å²) in [6, 6.07) is 10.1. The molecule has 0 atom stereocenters. The number of aliphatic hydroxyl groups excluding tert-OH is 1. The van der Waals surface area contributed by atoms with Gasteiger partial charge in [-0.2, -0.15) is 0 Å². The summed E-state index contributed by atoms with van der Waals surface area (Å²) in [7, 11) is 3.03. The van der Waals surface area contributed by atoms with Crippen LogP contribution in [0, 0.1) is 0 Å². The van der Waals surface area contributed by atoms with E-state index in [0.29, 0.717) is 22.7 Å². The highest BCUT2D eigenvalue weighted by molar-refractivity contribution is 6.32. The zero-order valence-electron chi connectivity index (χ0n) is 13.3. The normalized spacial score (nSPS) is 10.2. The molecule has 0 unspecified atom stereocenters. The van der Waals surface area contributed by atoms with Crippen LogP contribution in [0.15, 0.2) is 36.4 Å². The van der Waals surface area contributed by atoms with Gasteiger partial charge < -0.3 is 24.6 Å². The van der Waals surface area contributed by atoms with Gasteiger partial charge in [0, 0.05) is 5.69 Å². The van der Waals surface area contributed by atoms with Crippen molar-refractivity contribution in [3.63, 3.8) is 0 Å². The van der Waals surface area contributed by atoms with Crippen LogP contribution < -0.4 is 19.5 Å². The topological polar surface area (TPSA) is 77.0 Å². The molecule has 0 aliphatic heterocycles. The molecule has 0 aliphatic carbocycles. The van der Waals surface area contributed by atoms with Gasteiger partial charge >= 0.3 is 0 Å². The molecule has 6 nitrogen and oxygen atoms in total. The van der Waals surface area contributed by atoms with Crippen LogP contribution in [0.3, 0.4) is 0 Å². The zero-order valence-corrected chi connectivity index (χ0v) is 14.1. The van der Waals surface area contributed by atoms with E-state index in [0.717, 1.165) is 0 Å². The van der Waals surface area contributed by atoms with Crippen molar-refractivity contribution in [1.29, 1.82) is 0 Å². The number of amides is 1. The van der Waals surface area contributed by atoms with Gasteiger partial charge in [-0.05, 0) is 42.0 Å². The third kappa shape index (κ3) is 4.53. The predicted octanol–water partition coefficient (Wildman–Crippen LogP) is 2.87. The van der Waals surface area contributed by atoms with E-state index in [9.17, 15) is 4.79 Å². The zero-order chi connectivity index (χ0) is 17.5. The van der Waals surface area contributed by atoms with Crippen molar-refractivity contribution in [2.75, 3.05) is 26.1 Å². The highest BCUT2D eigenvalue weighted by Crippen LogP contribution is 2.36. The second-order valence-electron chi connectivity index (χ2n) is 4.83. The first-order valence-electron chi connectivity index (χ1n) is 7.11. The van der Waals surface area contributed by atoms with Crippen LogP contribution in [-0.4, -0.2) is 31.8 Å². The molecule has 0 saturated heterocycles. The Bertz CT molecular complexity index is 703. The van der Waals surface area contributed by atoms with Gasteiger partial charge in [0.2, 0.25) is 0 Å². The molecule has 7 heteroatoms. The number of anilines is 1. The monoisotopic (exact) mass is 351 g/mol. The molecule has 0 radical (unpaired) electrons. The quantitative estimate of drug-likeness (QED) is 0.802. The number of carbonyl (C=O) groups is 1. The fraction of sp³-hybridized carbons (Fsp3) is 0.235. The van der Waals surface area contributed by atoms with Crippen LogP contribution in [0.5, 0.6) is 17.2 Å². The number of methoxy groups -OCH3 is 2. The Labute approximate surface area is 144 Å². The first kappa shape index (κ1) is 17.9. The van der Waals surface area contributed by atoms with Crippen LogP contribution in [0.1, 0.15) is 5.56 Å². The summed E-state index contributed by atoms with van der Waals surface area (Å²) in [5, 5.41) is 12.1. The predicted molar refractivity (Wildman–Crippen MR) is 91.0 cm³/mol. The molecule has 0 fully saturated rings. The minimum absolute atomic E-state index is 0.172. The van der Waals surface area contributed by atoms with Crippen LogP contribution in [0.2, 0.25) is 5.02 Å². The Balaban J connectivity index is 2.00. The van der Waals surface area contributed by atoms with Gasteiger partial charge in [-0.1, -0.05) is 11.6 Å². The molecule has 0 aromatic heterocycles. The number of ether oxygens (including phenoxy) is 3. The highest BCUT2D eigenvalue weighted by atomic mass is 35.5. The van der Waals surface area contributed by atoms with E-state index < -0.39 is 0 Å².